The molecule has 0 fully saturated rings. The van der Waals surface area contributed by atoms with Gasteiger partial charge in [0.2, 0.25) is 0 Å². The summed E-state index contributed by atoms with van der Waals surface area (Å²) in [6.45, 7) is 2.37. The maximum Gasteiger partial charge on any atom is 0.283 e. The minimum Gasteiger partial charge on any atom is -0.494 e. The van der Waals surface area contributed by atoms with Gasteiger partial charge >= 0.3 is 0 Å². The molecule has 0 atom stereocenters. The highest BCUT2D eigenvalue weighted by atomic mass is 35.5. The van der Waals surface area contributed by atoms with Crippen molar-refractivity contribution >= 4 is 46.4 Å². The van der Waals surface area contributed by atoms with Crippen molar-refractivity contribution in [1.29, 1.82) is 0 Å². The Labute approximate surface area is 235 Å². The third-order valence-electron chi connectivity index (χ3n) is 5.94. The van der Waals surface area contributed by atoms with E-state index in [1.54, 1.807) is 72.8 Å². The lowest BCUT2D eigenvalue weighted by molar-refractivity contribution is -0.120. The summed E-state index contributed by atoms with van der Waals surface area (Å²) in [5.74, 6) is 0.469. The van der Waals surface area contributed by atoms with Crippen LogP contribution in [-0.2, 0) is 9.59 Å². The molecule has 3 amide bonds. The molecular weight excluding hydrogens is 530 g/mol. The van der Waals surface area contributed by atoms with Crippen LogP contribution in [0.15, 0.2) is 114 Å². The third-order valence-corrected chi connectivity index (χ3v) is 6.29. The van der Waals surface area contributed by atoms with Gasteiger partial charge in [-0.05, 0) is 91.9 Å². The number of halogens is 1. The first-order valence-corrected chi connectivity index (χ1v) is 12.8. The topological polar surface area (TPSA) is 97.0 Å². The number of amides is 3. The van der Waals surface area contributed by atoms with Crippen LogP contribution in [0.2, 0.25) is 0 Å². The predicted octanol–water partition coefficient (Wildman–Crippen LogP) is 6.57. The van der Waals surface area contributed by atoms with Crippen LogP contribution in [0.3, 0.4) is 0 Å². The van der Waals surface area contributed by atoms with Crippen LogP contribution in [0.1, 0.15) is 17.3 Å². The molecule has 0 unspecified atom stereocenters. The maximum atomic E-state index is 13.0. The molecule has 5 rings (SSSR count). The number of nitrogens with one attached hydrogen (secondary N) is 2. The Morgan fingerprint density at radius 1 is 0.750 bits per heavy atom. The van der Waals surface area contributed by atoms with Gasteiger partial charge < -0.3 is 20.1 Å². The summed E-state index contributed by atoms with van der Waals surface area (Å²) >= 11 is 6.23. The molecule has 8 nitrogen and oxygen atoms in total. The van der Waals surface area contributed by atoms with E-state index >= 15 is 0 Å². The summed E-state index contributed by atoms with van der Waals surface area (Å²) in [5.41, 5.74) is 1.83. The fourth-order valence-corrected chi connectivity index (χ4v) is 4.20. The van der Waals surface area contributed by atoms with Crippen molar-refractivity contribution in [1.82, 2.24) is 0 Å². The number of imide groups is 1. The molecule has 0 bridgehead atoms. The molecule has 0 aliphatic carbocycles. The molecule has 2 N–H and O–H groups in total. The monoisotopic (exact) mass is 553 g/mol. The Hall–Kier alpha value is -5.08. The zero-order chi connectivity index (χ0) is 28.1. The minimum absolute atomic E-state index is 0.0458. The van der Waals surface area contributed by atoms with E-state index in [2.05, 4.69) is 10.6 Å². The second-order valence-corrected chi connectivity index (χ2v) is 9.04. The molecule has 0 aromatic heterocycles. The van der Waals surface area contributed by atoms with Crippen LogP contribution in [0, 0.1) is 0 Å². The van der Waals surface area contributed by atoms with Crippen LogP contribution < -0.4 is 25.0 Å². The van der Waals surface area contributed by atoms with E-state index in [-0.39, 0.29) is 16.6 Å². The van der Waals surface area contributed by atoms with Gasteiger partial charge in [0.1, 0.15) is 28.0 Å². The second kappa shape index (κ2) is 11.8. The summed E-state index contributed by atoms with van der Waals surface area (Å²) in [6, 6.07) is 29.5. The fraction of sp³-hybridized carbons (Fsp3) is 0.0645. The number of ether oxygens (including phenoxy) is 2. The van der Waals surface area contributed by atoms with E-state index in [1.807, 2.05) is 37.3 Å². The van der Waals surface area contributed by atoms with Crippen molar-refractivity contribution in [2.24, 2.45) is 0 Å². The van der Waals surface area contributed by atoms with Crippen LogP contribution in [0.5, 0.6) is 17.2 Å². The maximum absolute atomic E-state index is 13.0. The lowest BCUT2D eigenvalue weighted by Crippen LogP contribution is -2.32. The van der Waals surface area contributed by atoms with Gasteiger partial charge in [-0.3, -0.25) is 14.4 Å². The SMILES string of the molecule is CCOc1ccc(N2C(=O)C(Cl)=C(Nc3ccc(C(=O)Nc4ccc(Oc5ccccc5)cc4)cc3)C2=O)cc1. The summed E-state index contributed by atoms with van der Waals surface area (Å²) in [5, 5.41) is 5.53. The average Bonchev–Trinajstić information content (AvgIpc) is 3.18. The number of nitrogens with zero attached hydrogens (tertiary/aromatic N) is 1. The third kappa shape index (κ3) is 5.82. The van der Waals surface area contributed by atoms with Crippen molar-refractivity contribution < 1.29 is 23.9 Å². The van der Waals surface area contributed by atoms with E-state index in [1.165, 1.54) is 0 Å². The van der Waals surface area contributed by atoms with Crippen molar-refractivity contribution in [2.45, 2.75) is 6.92 Å². The molecule has 0 saturated heterocycles. The second-order valence-electron chi connectivity index (χ2n) is 8.66. The summed E-state index contributed by atoms with van der Waals surface area (Å²) in [4.78, 5) is 39.5. The van der Waals surface area contributed by atoms with Gasteiger partial charge in [-0.2, -0.15) is 0 Å². The van der Waals surface area contributed by atoms with Crippen molar-refractivity contribution in [3.63, 3.8) is 0 Å². The number of rotatable bonds is 9. The molecule has 200 valence electrons. The van der Waals surface area contributed by atoms with E-state index in [9.17, 15) is 14.4 Å². The number of carbonyl (C=O) groups is 3. The van der Waals surface area contributed by atoms with Crippen molar-refractivity contribution in [3.05, 3.63) is 119 Å². The number of hydrogen-bond donors (Lipinski definition) is 2. The molecule has 1 aliphatic heterocycles. The van der Waals surface area contributed by atoms with Gasteiger partial charge in [0.15, 0.2) is 0 Å². The Balaban J connectivity index is 1.21. The van der Waals surface area contributed by atoms with Gasteiger partial charge in [-0.25, -0.2) is 4.90 Å². The lowest BCUT2D eigenvalue weighted by Gasteiger charge is -2.15. The van der Waals surface area contributed by atoms with Gasteiger partial charge in [0.05, 0.1) is 12.3 Å². The normalized spacial score (nSPS) is 12.9. The molecule has 4 aromatic carbocycles. The average molecular weight is 554 g/mol. The summed E-state index contributed by atoms with van der Waals surface area (Å²) in [6.07, 6.45) is 0. The van der Waals surface area contributed by atoms with Crippen molar-refractivity contribution in [2.75, 3.05) is 22.1 Å². The molecular formula is C31H24ClN3O5. The zero-order valence-corrected chi connectivity index (χ0v) is 22.1. The number of anilines is 3. The van der Waals surface area contributed by atoms with Gasteiger partial charge in [0.25, 0.3) is 17.7 Å². The molecule has 0 saturated carbocycles. The predicted molar refractivity (Wildman–Crippen MR) is 154 cm³/mol. The fourth-order valence-electron chi connectivity index (χ4n) is 3.99. The Morgan fingerprint density at radius 2 is 1.35 bits per heavy atom. The largest absolute Gasteiger partial charge is 0.494 e. The number of hydrogen-bond acceptors (Lipinski definition) is 6. The van der Waals surface area contributed by atoms with E-state index in [0.717, 1.165) is 10.6 Å². The molecule has 9 heteroatoms. The Morgan fingerprint density at radius 3 is 2.00 bits per heavy atom. The molecule has 40 heavy (non-hydrogen) atoms. The van der Waals surface area contributed by atoms with Crippen LogP contribution >= 0.6 is 11.6 Å². The van der Waals surface area contributed by atoms with E-state index < -0.39 is 11.8 Å². The van der Waals surface area contributed by atoms with Gasteiger partial charge in [-0.15, -0.1) is 0 Å². The Bertz CT molecular complexity index is 1570. The lowest BCUT2D eigenvalue weighted by atomic mass is 10.2. The molecule has 1 aliphatic rings. The number of benzene rings is 4. The highest BCUT2D eigenvalue weighted by molar-refractivity contribution is 6.53. The summed E-state index contributed by atoms with van der Waals surface area (Å²) < 4.78 is 11.2. The van der Waals surface area contributed by atoms with Gasteiger partial charge in [0, 0.05) is 16.9 Å². The highest BCUT2D eigenvalue weighted by Crippen LogP contribution is 2.31. The van der Waals surface area contributed by atoms with E-state index in [4.69, 9.17) is 21.1 Å². The first kappa shape index (κ1) is 26.5. The smallest absolute Gasteiger partial charge is 0.283 e. The molecule has 0 spiro atoms. The van der Waals surface area contributed by atoms with E-state index in [0.29, 0.717) is 40.7 Å². The quantitative estimate of drug-likeness (QED) is 0.228. The molecule has 1 heterocycles. The van der Waals surface area contributed by atoms with Crippen molar-refractivity contribution in [3.8, 4) is 17.2 Å². The number of para-hydroxylation sites is 1. The molecule has 0 radical (unpaired) electrons. The van der Waals surface area contributed by atoms with Gasteiger partial charge in [-0.1, -0.05) is 29.8 Å². The highest BCUT2D eigenvalue weighted by Gasteiger charge is 2.39. The standard InChI is InChI=1S/C31H24ClN3O5/c1-2-39-24-18-14-23(15-19-24)35-30(37)27(32)28(31(35)38)33-21-10-8-20(9-11-21)29(36)34-22-12-16-26(17-13-22)40-25-6-4-3-5-7-25/h3-19,33H,2H2,1H3,(H,34,36). The zero-order valence-electron chi connectivity index (χ0n) is 21.4. The summed E-state index contributed by atoms with van der Waals surface area (Å²) in [7, 11) is 0. The molecule has 4 aromatic rings. The Kier molecular flexibility index (Phi) is 7.80. The minimum atomic E-state index is -0.630. The van der Waals surface area contributed by atoms with Crippen LogP contribution in [0.4, 0.5) is 17.1 Å². The van der Waals surface area contributed by atoms with Crippen LogP contribution in [-0.4, -0.2) is 24.3 Å². The first-order valence-electron chi connectivity index (χ1n) is 12.5. The van der Waals surface area contributed by atoms with Crippen LogP contribution in [0.25, 0.3) is 0 Å². The first-order chi connectivity index (χ1) is 19.4. The number of carbonyl (C=O) groups excluding carboxylic acids is 3.